The standard InChI is InChI=1S/C28H40N6O5S/c1-18-25(29-2)28(16-39-18)5-8-33(9-6-28)26-21(13-35)32-23(11-31-26)40-22-4-7-30-27-24(22)38-15-20-10-19(12-34(20)27)14-37-17-36-3/h4,7,11,18-20,25,29,35H,5-6,8-10,12-17H2,1-3H3. The van der Waals surface area contributed by atoms with Crippen molar-refractivity contribution in [3.05, 3.63) is 24.2 Å². The highest BCUT2D eigenvalue weighted by molar-refractivity contribution is 7.99. The van der Waals surface area contributed by atoms with Crippen LogP contribution in [0, 0.1) is 11.3 Å². The van der Waals surface area contributed by atoms with Crippen LogP contribution in [0.1, 0.15) is 31.9 Å². The number of likely N-dealkylation sites (N-methyl/N-ethyl adjacent to an activating group) is 1. The molecule has 4 aliphatic heterocycles. The fraction of sp³-hybridized carbons (Fsp3) is 0.679. The minimum atomic E-state index is -0.162. The van der Waals surface area contributed by atoms with Crippen LogP contribution in [0.3, 0.4) is 0 Å². The predicted octanol–water partition coefficient (Wildman–Crippen LogP) is 2.32. The summed E-state index contributed by atoms with van der Waals surface area (Å²) in [6.07, 6.45) is 6.89. The van der Waals surface area contributed by atoms with Gasteiger partial charge in [-0.15, -0.1) is 0 Å². The van der Waals surface area contributed by atoms with Crippen molar-refractivity contribution in [3.8, 4) is 5.75 Å². The third-order valence-corrected chi connectivity index (χ3v) is 9.84. The molecular formula is C28H40N6O5S. The first-order chi connectivity index (χ1) is 19.5. The van der Waals surface area contributed by atoms with E-state index in [-0.39, 0.29) is 18.1 Å². The van der Waals surface area contributed by atoms with Gasteiger partial charge in [-0.1, -0.05) is 11.8 Å². The summed E-state index contributed by atoms with van der Waals surface area (Å²) in [5, 5.41) is 14.4. The number of aromatic nitrogens is 3. The summed E-state index contributed by atoms with van der Waals surface area (Å²) in [7, 11) is 3.67. The lowest BCUT2D eigenvalue weighted by atomic mass is 9.73. The van der Waals surface area contributed by atoms with Gasteiger partial charge in [0.2, 0.25) is 0 Å². The first-order valence-electron chi connectivity index (χ1n) is 14.2. The van der Waals surface area contributed by atoms with Gasteiger partial charge in [-0.2, -0.15) is 0 Å². The fourth-order valence-electron chi connectivity index (χ4n) is 6.95. The van der Waals surface area contributed by atoms with Gasteiger partial charge in [-0.25, -0.2) is 15.0 Å². The van der Waals surface area contributed by atoms with E-state index >= 15 is 0 Å². The number of fused-ring (bicyclic) bond motifs is 3. The Balaban J connectivity index is 1.14. The zero-order chi connectivity index (χ0) is 27.7. The number of anilines is 2. The second-order valence-electron chi connectivity index (χ2n) is 11.3. The largest absolute Gasteiger partial charge is 0.486 e. The van der Waals surface area contributed by atoms with Crippen molar-refractivity contribution in [1.82, 2.24) is 20.3 Å². The number of hydrogen-bond acceptors (Lipinski definition) is 12. The van der Waals surface area contributed by atoms with Gasteiger partial charge < -0.3 is 39.2 Å². The number of methoxy groups -OCH3 is 1. The van der Waals surface area contributed by atoms with E-state index in [0.29, 0.717) is 43.7 Å². The minimum absolute atomic E-state index is 0.152. The van der Waals surface area contributed by atoms with Gasteiger partial charge in [0.25, 0.3) is 0 Å². The molecule has 2 N–H and O–H groups in total. The summed E-state index contributed by atoms with van der Waals surface area (Å²) >= 11 is 1.50. The summed E-state index contributed by atoms with van der Waals surface area (Å²) in [6.45, 7) is 6.99. The molecule has 4 aliphatic rings. The number of aliphatic hydroxyl groups excluding tert-OH is 1. The molecule has 3 saturated heterocycles. The monoisotopic (exact) mass is 572 g/mol. The third-order valence-electron chi connectivity index (χ3n) is 8.89. The number of aliphatic hydroxyl groups is 1. The van der Waals surface area contributed by atoms with E-state index in [0.717, 1.165) is 72.8 Å². The van der Waals surface area contributed by atoms with Gasteiger partial charge in [0.1, 0.15) is 24.1 Å². The molecule has 0 aliphatic carbocycles. The number of rotatable bonds is 9. The maximum absolute atomic E-state index is 10.2. The molecule has 4 atom stereocenters. The van der Waals surface area contributed by atoms with Crippen molar-refractivity contribution >= 4 is 23.4 Å². The van der Waals surface area contributed by atoms with E-state index < -0.39 is 0 Å². The topological polar surface area (TPSA) is 114 Å². The van der Waals surface area contributed by atoms with Crippen molar-refractivity contribution in [3.63, 3.8) is 0 Å². The SMILES string of the molecule is CNC1C(C)OCC12CCN(c1ncc(Sc3ccnc4c3OCC3CC(COCOC)CN43)nc1CO)CC2. The zero-order valence-electron chi connectivity index (χ0n) is 23.5. The van der Waals surface area contributed by atoms with Gasteiger partial charge >= 0.3 is 0 Å². The Morgan fingerprint density at radius 1 is 1.25 bits per heavy atom. The molecule has 0 saturated carbocycles. The molecule has 40 heavy (non-hydrogen) atoms. The summed E-state index contributed by atoms with van der Waals surface area (Å²) in [4.78, 5) is 19.8. The highest BCUT2D eigenvalue weighted by Crippen LogP contribution is 2.46. The fourth-order valence-corrected chi connectivity index (χ4v) is 7.80. The van der Waals surface area contributed by atoms with Crippen molar-refractivity contribution in [1.29, 1.82) is 0 Å². The maximum atomic E-state index is 10.2. The molecule has 3 fully saturated rings. The molecule has 1 spiro atoms. The number of nitrogens with zero attached hydrogens (tertiary/aromatic N) is 5. The van der Waals surface area contributed by atoms with Crippen LogP contribution in [0.5, 0.6) is 5.75 Å². The van der Waals surface area contributed by atoms with E-state index in [1.54, 1.807) is 13.3 Å². The number of hydrogen-bond donors (Lipinski definition) is 2. The molecule has 6 heterocycles. The van der Waals surface area contributed by atoms with E-state index in [2.05, 4.69) is 27.0 Å². The normalized spacial score (nSPS) is 27.1. The number of ether oxygens (including phenoxy) is 4. The van der Waals surface area contributed by atoms with Crippen molar-refractivity contribution in [2.24, 2.45) is 11.3 Å². The summed E-state index contributed by atoms with van der Waals surface area (Å²) in [6, 6.07) is 2.61. The van der Waals surface area contributed by atoms with Crippen LogP contribution < -0.4 is 19.9 Å². The number of nitrogens with one attached hydrogen (secondary N) is 1. The lowest BCUT2D eigenvalue weighted by molar-refractivity contribution is -0.0414. The lowest BCUT2D eigenvalue weighted by Crippen LogP contribution is -2.52. The predicted molar refractivity (Wildman–Crippen MR) is 151 cm³/mol. The average molecular weight is 573 g/mol. The van der Waals surface area contributed by atoms with Gasteiger partial charge in [0, 0.05) is 50.3 Å². The number of piperidine rings is 1. The Labute approximate surface area is 239 Å². The second-order valence-corrected chi connectivity index (χ2v) is 12.4. The highest BCUT2D eigenvalue weighted by atomic mass is 32.2. The molecule has 218 valence electrons. The first kappa shape index (κ1) is 27.9. The average Bonchev–Trinajstić information content (AvgIpc) is 3.54. The Morgan fingerprint density at radius 2 is 2.10 bits per heavy atom. The molecular weight excluding hydrogens is 532 g/mol. The summed E-state index contributed by atoms with van der Waals surface area (Å²) in [5.41, 5.74) is 0.753. The molecule has 12 heteroatoms. The van der Waals surface area contributed by atoms with Crippen LogP contribution >= 0.6 is 11.8 Å². The van der Waals surface area contributed by atoms with Gasteiger partial charge in [-0.05, 0) is 39.3 Å². The zero-order valence-corrected chi connectivity index (χ0v) is 24.4. The quantitative estimate of drug-likeness (QED) is 0.340. The van der Waals surface area contributed by atoms with Crippen molar-refractivity contribution in [2.45, 2.75) is 60.9 Å². The van der Waals surface area contributed by atoms with Crippen LogP contribution in [-0.2, 0) is 20.8 Å². The smallest absolute Gasteiger partial charge is 0.175 e. The minimum Gasteiger partial charge on any atom is -0.486 e. The molecule has 2 aromatic rings. The van der Waals surface area contributed by atoms with Crippen molar-refractivity contribution in [2.75, 3.05) is 70.2 Å². The van der Waals surface area contributed by atoms with E-state index in [9.17, 15) is 5.11 Å². The Morgan fingerprint density at radius 3 is 2.88 bits per heavy atom. The number of pyridine rings is 1. The molecule has 0 aromatic carbocycles. The van der Waals surface area contributed by atoms with E-state index in [1.807, 2.05) is 19.3 Å². The van der Waals surface area contributed by atoms with Gasteiger partial charge in [-0.3, -0.25) is 0 Å². The molecule has 2 aromatic heterocycles. The van der Waals surface area contributed by atoms with Gasteiger partial charge in [0.05, 0.1) is 43.1 Å². The summed E-state index contributed by atoms with van der Waals surface area (Å²) in [5.74, 6) is 2.84. The second kappa shape index (κ2) is 11.9. The van der Waals surface area contributed by atoms with E-state index in [4.69, 9.17) is 28.9 Å². The highest BCUT2D eigenvalue weighted by Gasteiger charge is 2.49. The Bertz CT molecular complexity index is 1180. The molecule has 0 radical (unpaired) electrons. The maximum Gasteiger partial charge on any atom is 0.175 e. The molecule has 0 amide bonds. The van der Waals surface area contributed by atoms with Crippen molar-refractivity contribution < 1.29 is 24.1 Å². The van der Waals surface area contributed by atoms with Crippen LogP contribution in [0.4, 0.5) is 11.6 Å². The Hall–Kier alpha value is -2.22. The van der Waals surface area contributed by atoms with Gasteiger partial charge in [0.15, 0.2) is 17.4 Å². The first-order valence-corrected chi connectivity index (χ1v) is 15.0. The third kappa shape index (κ3) is 5.25. The van der Waals surface area contributed by atoms with Crippen LogP contribution in [0.2, 0.25) is 0 Å². The van der Waals surface area contributed by atoms with E-state index in [1.165, 1.54) is 11.8 Å². The summed E-state index contributed by atoms with van der Waals surface area (Å²) < 4.78 is 22.9. The molecule has 0 bridgehead atoms. The van der Waals surface area contributed by atoms with Crippen LogP contribution in [0.25, 0.3) is 0 Å². The molecule has 11 nitrogen and oxygen atoms in total. The molecule has 4 unspecified atom stereocenters. The van der Waals surface area contributed by atoms with Crippen LogP contribution in [0.15, 0.2) is 28.4 Å². The lowest BCUT2D eigenvalue weighted by Gasteiger charge is -2.43. The van der Waals surface area contributed by atoms with Crippen LogP contribution in [-0.4, -0.2) is 98.7 Å². The molecule has 6 rings (SSSR count). The Kier molecular flexibility index (Phi) is 8.34.